The van der Waals surface area contributed by atoms with E-state index in [1.54, 1.807) is 36.4 Å². The van der Waals surface area contributed by atoms with Gasteiger partial charge in [-0.15, -0.1) is 0 Å². The molecule has 3 rings (SSSR count). The number of nitrogens with two attached hydrogens (primary N) is 1. The van der Waals surface area contributed by atoms with Gasteiger partial charge in [-0.3, -0.25) is 9.59 Å². The average Bonchev–Trinajstić information content (AvgIpc) is 3.19. The molecule has 0 aliphatic carbocycles. The number of nitrogens with zero attached hydrogens (tertiary/aromatic N) is 3. The van der Waals surface area contributed by atoms with E-state index < -0.39 is 11.9 Å². The highest BCUT2D eigenvalue weighted by Crippen LogP contribution is 2.29. The highest BCUT2D eigenvalue weighted by Gasteiger charge is 2.15. The molecule has 0 fully saturated rings. The molecule has 13 heteroatoms. The van der Waals surface area contributed by atoms with Gasteiger partial charge >= 0.3 is 0 Å². The lowest BCUT2D eigenvalue weighted by Gasteiger charge is -2.12. The number of aliphatic carboxylic acids is 1. The summed E-state index contributed by atoms with van der Waals surface area (Å²) in [6.07, 6.45) is 1.42. The molecule has 33 heavy (non-hydrogen) atoms. The minimum absolute atomic E-state index is 0.123. The van der Waals surface area contributed by atoms with Gasteiger partial charge in [0.1, 0.15) is 6.61 Å². The fraction of sp³-hybridized carbons (Fsp3) is 0.150. The first kappa shape index (κ1) is 25.4. The highest BCUT2D eigenvalue weighted by atomic mass is 35.5. The number of carboxylic acids is 1. The predicted octanol–water partition coefficient (Wildman–Crippen LogP) is 3.40. The van der Waals surface area contributed by atoms with Crippen molar-refractivity contribution in [3.05, 3.63) is 63.3 Å². The quantitative estimate of drug-likeness (QED) is 0.329. The average molecular weight is 496 g/mol. The molecule has 11 nitrogen and oxygen atoms in total. The largest absolute Gasteiger partial charge is 0.493 e. The number of carboxylic acid groups (broad SMARTS) is 1. The van der Waals surface area contributed by atoms with Crippen LogP contribution in [0.3, 0.4) is 0 Å². The van der Waals surface area contributed by atoms with E-state index in [1.807, 2.05) is 0 Å². The molecule has 2 aromatic carbocycles. The summed E-state index contributed by atoms with van der Waals surface area (Å²) in [6, 6.07) is 10.3. The zero-order valence-corrected chi connectivity index (χ0v) is 18.9. The molecule has 0 atom stereocenters. The number of hydrogen-bond acceptors (Lipinski definition) is 9. The summed E-state index contributed by atoms with van der Waals surface area (Å²) < 4.78 is 15.5. The minimum atomic E-state index is -0.833. The van der Waals surface area contributed by atoms with Crippen LogP contribution in [0.15, 0.2) is 46.1 Å². The number of carbonyl (C=O) groups is 2. The Morgan fingerprint density at radius 1 is 1.21 bits per heavy atom. The Morgan fingerprint density at radius 2 is 1.94 bits per heavy atom. The molecule has 3 aromatic rings. The van der Waals surface area contributed by atoms with Crippen LogP contribution >= 0.6 is 23.2 Å². The van der Waals surface area contributed by atoms with E-state index in [0.29, 0.717) is 27.1 Å². The van der Waals surface area contributed by atoms with Gasteiger partial charge in [-0.05, 0) is 46.2 Å². The van der Waals surface area contributed by atoms with Crippen molar-refractivity contribution in [2.45, 2.75) is 13.5 Å². The first-order chi connectivity index (χ1) is 15.7. The smallest absolute Gasteiger partial charge is 0.300 e. The van der Waals surface area contributed by atoms with Gasteiger partial charge < -0.3 is 20.3 Å². The van der Waals surface area contributed by atoms with E-state index >= 15 is 0 Å². The molecule has 0 spiro atoms. The summed E-state index contributed by atoms with van der Waals surface area (Å²) in [7, 11) is 1.51. The zero-order valence-electron chi connectivity index (χ0n) is 17.4. The molecule has 0 radical (unpaired) electrons. The number of nitrogens with one attached hydrogen (secondary N) is 1. The maximum absolute atomic E-state index is 11.8. The lowest BCUT2D eigenvalue weighted by atomic mass is 10.2. The fourth-order valence-electron chi connectivity index (χ4n) is 2.25. The number of nitrogen functional groups attached to an aromatic ring is 1. The Kier molecular flexibility index (Phi) is 9.45. The molecule has 0 saturated heterocycles. The van der Waals surface area contributed by atoms with Crippen LogP contribution in [0.25, 0.3) is 0 Å². The van der Waals surface area contributed by atoms with Crippen LogP contribution in [0.4, 0.5) is 5.82 Å². The van der Waals surface area contributed by atoms with Crippen molar-refractivity contribution in [3.8, 4) is 11.5 Å². The Labute approximate surface area is 198 Å². The lowest BCUT2D eigenvalue weighted by molar-refractivity contribution is -0.134. The second-order valence-corrected chi connectivity index (χ2v) is 6.99. The number of rotatable bonds is 7. The van der Waals surface area contributed by atoms with Crippen LogP contribution < -0.4 is 20.6 Å². The Bertz CT molecular complexity index is 1150. The third kappa shape index (κ3) is 7.98. The van der Waals surface area contributed by atoms with Gasteiger partial charge in [0.25, 0.3) is 11.9 Å². The summed E-state index contributed by atoms with van der Waals surface area (Å²) in [5.41, 5.74) is 9.01. The molecule has 0 saturated carbocycles. The number of aromatic nitrogens is 2. The molecule has 0 bridgehead atoms. The summed E-state index contributed by atoms with van der Waals surface area (Å²) in [5, 5.41) is 19.0. The highest BCUT2D eigenvalue weighted by molar-refractivity contribution is 6.35. The van der Waals surface area contributed by atoms with E-state index in [2.05, 4.69) is 25.5 Å². The standard InChI is InChI=1S/C18H15Cl2N5O4.C2H4O2/c1-27-15-6-10(8-22-23-18(26)16-17(21)25-29-24-16)2-5-14(15)28-9-11-3-4-12(19)7-13(11)20;1-2(3)4/h2-8H,9H2,1H3,(H2,21,25)(H,23,26);1H3,(H,3,4)/b22-8+;. The number of halogens is 2. The van der Waals surface area contributed by atoms with Crippen molar-refractivity contribution in [2.75, 3.05) is 12.8 Å². The summed E-state index contributed by atoms with van der Waals surface area (Å²) in [4.78, 5) is 20.8. The maximum Gasteiger partial charge on any atom is 0.300 e. The third-order valence-corrected chi connectivity index (χ3v) is 4.28. The van der Waals surface area contributed by atoms with E-state index in [9.17, 15) is 4.79 Å². The van der Waals surface area contributed by atoms with Gasteiger partial charge in [-0.2, -0.15) is 5.10 Å². The van der Waals surface area contributed by atoms with Gasteiger partial charge in [0.2, 0.25) is 11.5 Å². The van der Waals surface area contributed by atoms with Crippen molar-refractivity contribution in [1.29, 1.82) is 0 Å². The Morgan fingerprint density at radius 3 is 2.55 bits per heavy atom. The van der Waals surface area contributed by atoms with Crippen LogP contribution in [0.1, 0.15) is 28.5 Å². The number of benzene rings is 2. The minimum Gasteiger partial charge on any atom is -0.493 e. The van der Waals surface area contributed by atoms with E-state index in [1.165, 1.54) is 13.3 Å². The molecule has 0 aliphatic rings. The van der Waals surface area contributed by atoms with Crippen molar-refractivity contribution in [2.24, 2.45) is 5.10 Å². The summed E-state index contributed by atoms with van der Waals surface area (Å²) in [6.45, 7) is 1.32. The predicted molar refractivity (Wildman–Crippen MR) is 121 cm³/mol. The van der Waals surface area contributed by atoms with Gasteiger partial charge in [0, 0.05) is 22.5 Å². The van der Waals surface area contributed by atoms with Gasteiger partial charge in [0.15, 0.2) is 11.5 Å². The van der Waals surface area contributed by atoms with Gasteiger partial charge in [0.05, 0.1) is 13.3 Å². The summed E-state index contributed by atoms with van der Waals surface area (Å²) >= 11 is 12.1. The van der Waals surface area contributed by atoms with Crippen molar-refractivity contribution in [1.82, 2.24) is 15.7 Å². The van der Waals surface area contributed by atoms with Crippen LogP contribution in [0, 0.1) is 0 Å². The number of carbonyl (C=O) groups excluding carboxylic acids is 1. The number of hydrazone groups is 1. The van der Waals surface area contributed by atoms with Crippen molar-refractivity contribution < 1.29 is 28.8 Å². The van der Waals surface area contributed by atoms with Gasteiger partial charge in [-0.25, -0.2) is 10.1 Å². The van der Waals surface area contributed by atoms with E-state index in [4.69, 9.17) is 48.3 Å². The number of amides is 1. The zero-order chi connectivity index (χ0) is 24.4. The Balaban J connectivity index is 0.000000890. The molecular formula is C20H19Cl2N5O6. The van der Waals surface area contributed by atoms with Gasteiger partial charge in [-0.1, -0.05) is 29.3 Å². The molecule has 4 N–H and O–H groups in total. The van der Waals surface area contributed by atoms with Crippen LogP contribution in [0.2, 0.25) is 10.0 Å². The molecule has 0 aliphatic heterocycles. The fourth-order valence-corrected chi connectivity index (χ4v) is 2.71. The third-order valence-electron chi connectivity index (χ3n) is 3.69. The normalized spacial score (nSPS) is 10.3. The number of hydrogen-bond donors (Lipinski definition) is 3. The topological polar surface area (TPSA) is 162 Å². The molecule has 1 amide bonds. The molecule has 174 valence electrons. The second-order valence-electron chi connectivity index (χ2n) is 6.15. The molecule has 1 aromatic heterocycles. The number of methoxy groups -OCH3 is 1. The molecular weight excluding hydrogens is 477 g/mol. The van der Waals surface area contributed by atoms with Crippen LogP contribution in [-0.4, -0.2) is 40.6 Å². The van der Waals surface area contributed by atoms with E-state index in [-0.39, 0.29) is 18.1 Å². The van der Waals surface area contributed by atoms with Crippen molar-refractivity contribution >= 4 is 47.1 Å². The molecule has 0 unspecified atom stereocenters. The first-order valence-electron chi connectivity index (χ1n) is 9.07. The van der Waals surface area contributed by atoms with Crippen LogP contribution in [0.5, 0.6) is 11.5 Å². The lowest BCUT2D eigenvalue weighted by Crippen LogP contribution is -2.19. The molecule has 1 heterocycles. The van der Waals surface area contributed by atoms with Crippen LogP contribution in [-0.2, 0) is 11.4 Å². The van der Waals surface area contributed by atoms with Crippen molar-refractivity contribution in [3.63, 3.8) is 0 Å². The number of anilines is 1. The first-order valence-corrected chi connectivity index (χ1v) is 9.82. The number of ether oxygens (including phenoxy) is 2. The van der Waals surface area contributed by atoms with E-state index in [0.717, 1.165) is 12.5 Å². The maximum atomic E-state index is 11.8. The Hall–Kier alpha value is -3.83. The summed E-state index contributed by atoms with van der Waals surface area (Å²) in [5.74, 6) is -0.607. The SMILES string of the molecule is CC(=O)O.COc1cc(/C=N/NC(=O)c2nonc2N)ccc1OCc1ccc(Cl)cc1Cl. The monoisotopic (exact) mass is 495 g/mol. The second kappa shape index (κ2) is 12.3.